The van der Waals surface area contributed by atoms with E-state index in [-0.39, 0.29) is 29.9 Å². The highest BCUT2D eigenvalue weighted by Gasteiger charge is 2.36. The standard InChI is InChI=1S/C23H42N6O2/c1-5-15(11-24)16-8-7-14(3)17(6-2)21(28-12-16)20(22(25)26)23(30)29-18-13-27-10-9-19(18)31-4/h14-16,18-20,22,27-28H,5-10,12-13,25-26H2,1-4H3,(H,29,30). The van der Waals surface area contributed by atoms with Crippen molar-refractivity contribution in [2.75, 3.05) is 26.7 Å². The lowest BCUT2D eigenvalue weighted by molar-refractivity contribution is -0.126. The molecule has 8 heteroatoms. The molecule has 31 heavy (non-hydrogen) atoms. The Morgan fingerprint density at radius 1 is 1.29 bits per heavy atom. The fraction of sp³-hybridized carbons (Fsp3) is 0.826. The van der Waals surface area contributed by atoms with Crippen LogP contribution in [0, 0.1) is 35.0 Å². The lowest BCUT2D eigenvalue weighted by Crippen LogP contribution is -2.59. The molecule has 0 aliphatic carbocycles. The molecule has 0 radical (unpaired) electrons. The van der Waals surface area contributed by atoms with E-state index in [1.165, 1.54) is 5.57 Å². The van der Waals surface area contributed by atoms with Gasteiger partial charge in [-0.3, -0.25) is 4.79 Å². The van der Waals surface area contributed by atoms with Crippen molar-refractivity contribution in [3.63, 3.8) is 0 Å². The molecule has 0 bridgehead atoms. The van der Waals surface area contributed by atoms with Crippen molar-refractivity contribution in [1.29, 1.82) is 5.26 Å². The number of amides is 1. The summed E-state index contributed by atoms with van der Waals surface area (Å²) in [5.74, 6) is -0.306. The molecule has 6 unspecified atom stereocenters. The van der Waals surface area contributed by atoms with Gasteiger partial charge in [0.15, 0.2) is 0 Å². The van der Waals surface area contributed by atoms with Crippen LogP contribution >= 0.6 is 0 Å². The van der Waals surface area contributed by atoms with Crippen LogP contribution in [0.2, 0.25) is 0 Å². The topological polar surface area (TPSA) is 138 Å². The minimum Gasteiger partial charge on any atom is -0.387 e. The number of allylic oxidation sites excluding steroid dienone is 1. The first kappa shape index (κ1) is 25.6. The zero-order valence-electron chi connectivity index (χ0n) is 19.6. The molecule has 0 aromatic heterocycles. The molecule has 1 amide bonds. The summed E-state index contributed by atoms with van der Waals surface area (Å²) >= 11 is 0. The highest BCUT2D eigenvalue weighted by atomic mass is 16.5. The summed E-state index contributed by atoms with van der Waals surface area (Å²) in [6.07, 6.45) is 3.61. The third-order valence-electron chi connectivity index (χ3n) is 7.05. The van der Waals surface area contributed by atoms with E-state index in [9.17, 15) is 10.1 Å². The number of ether oxygens (including phenoxy) is 1. The molecular weight excluding hydrogens is 392 g/mol. The van der Waals surface area contributed by atoms with E-state index in [0.717, 1.165) is 44.3 Å². The number of nitrogens with zero attached hydrogens (tertiary/aromatic N) is 1. The molecule has 176 valence electrons. The van der Waals surface area contributed by atoms with Crippen LogP contribution in [0.5, 0.6) is 0 Å². The molecule has 0 spiro atoms. The minimum atomic E-state index is -0.829. The van der Waals surface area contributed by atoms with Crippen LogP contribution in [0.4, 0.5) is 0 Å². The Morgan fingerprint density at radius 2 is 2.03 bits per heavy atom. The molecule has 6 atom stereocenters. The Hall–Kier alpha value is -1.66. The van der Waals surface area contributed by atoms with Crippen molar-refractivity contribution in [2.24, 2.45) is 35.1 Å². The number of hydrogen-bond acceptors (Lipinski definition) is 7. The van der Waals surface area contributed by atoms with Crippen LogP contribution in [-0.2, 0) is 9.53 Å². The summed E-state index contributed by atoms with van der Waals surface area (Å²) in [6.45, 7) is 8.54. The maximum atomic E-state index is 13.4. The van der Waals surface area contributed by atoms with Crippen molar-refractivity contribution in [2.45, 2.75) is 71.2 Å². The van der Waals surface area contributed by atoms with Gasteiger partial charge in [0.05, 0.1) is 30.3 Å². The van der Waals surface area contributed by atoms with E-state index in [2.05, 4.69) is 42.8 Å². The molecule has 2 rings (SSSR count). The summed E-state index contributed by atoms with van der Waals surface area (Å²) < 4.78 is 5.58. The maximum Gasteiger partial charge on any atom is 0.232 e. The Balaban J connectivity index is 2.30. The zero-order valence-corrected chi connectivity index (χ0v) is 19.6. The second kappa shape index (κ2) is 12.4. The fourth-order valence-corrected chi connectivity index (χ4v) is 5.11. The number of nitrogens with two attached hydrogens (primary N) is 2. The monoisotopic (exact) mass is 434 g/mol. The molecule has 0 saturated carbocycles. The normalized spacial score (nSPS) is 29.4. The first-order valence-corrected chi connectivity index (χ1v) is 11.8. The largest absolute Gasteiger partial charge is 0.387 e. The van der Waals surface area contributed by atoms with Gasteiger partial charge in [-0.25, -0.2) is 0 Å². The number of hydrogen-bond donors (Lipinski definition) is 5. The highest BCUT2D eigenvalue weighted by molar-refractivity contribution is 5.82. The summed E-state index contributed by atoms with van der Waals surface area (Å²) in [4.78, 5) is 13.4. The number of nitriles is 1. The lowest BCUT2D eigenvalue weighted by Gasteiger charge is -2.36. The van der Waals surface area contributed by atoms with E-state index in [1.54, 1.807) is 7.11 Å². The number of rotatable bonds is 8. The molecule has 2 aliphatic rings. The maximum absolute atomic E-state index is 13.4. The highest BCUT2D eigenvalue weighted by Crippen LogP contribution is 2.33. The minimum absolute atomic E-state index is 0.00118. The van der Waals surface area contributed by atoms with Crippen LogP contribution in [0.15, 0.2) is 11.3 Å². The van der Waals surface area contributed by atoms with Crippen LogP contribution in [0.1, 0.15) is 52.9 Å². The van der Waals surface area contributed by atoms with Gasteiger partial charge in [0.25, 0.3) is 0 Å². The fourth-order valence-electron chi connectivity index (χ4n) is 5.11. The smallest absolute Gasteiger partial charge is 0.232 e. The quantitative estimate of drug-likeness (QED) is 0.362. The molecule has 8 nitrogen and oxygen atoms in total. The van der Waals surface area contributed by atoms with Crippen molar-refractivity contribution < 1.29 is 9.53 Å². The third-order valence-corrected chi connectivity index (χ3v) is 7.05. The van der Waals surface area contributed by atoms with Gasteiger partial charge in [0.2, 0.25) is 5.91 Å². The first-order chi connectivity index (χ1) is 14.9. The summed E-state index contributed by atoms with van der Waals surface area (Å²) in [7, 11) is 1.68. The second-order valence-electron chi connectivity index (χ2n) is 8.99. The number of piperidine rings is 1. The van der Waals surface area contributed by atoms with Gasteiger partial charge >= 0.3 is 0 Å². The Labute approximate surface area is 187 Å². The lowest BCUT2D eigenvalue weighted by atomic mass is 9.79. The average Bonchev–Trinajstić information content (AvgIpc) is 2.74. The zero-order chi connectivity index (χ0) is 23.0. The molecule has 1 saturated heterocycles. The van der Waals surface area contributed by atoms with Crippen LogP contribution in [0.25, 0.3) is 0 Å². The molecule has 1 fully saturated rings. The molecular formula is C23H42N6O2. The van der Waals surface area contributed by atoms with Crippen LogP contribution < -0.4 is 27.4 Å². The van der Waals surface area contributed by atoms with Crippen molar-refractivity contribution in [3.8, 4) is 6.07 Å². The SMILES string of the molecule is CCC1=C(C(C(=O)NC2CNCCC2OC)C(N)N)NCC(C(C#N)CC)CCC1C. The first-order valence-electron chi connectivity index (χ1n) is 11.8. The number of carbonyl (C=O) groups excluding carboxylic acids is 1. The Kier molecular flexibility index (Phi) is 10.2. The molecule has 0 aromatic carbocycles. The van der Waals surface area contributed by atoms with E-state index in [0.29, 0.717) is 19.0 Å². The van der Waals surface area contributed by atoms with Crippen molar-refractivity contribution >= 4 is 5.91 Å². The Bertz CT molecular complexity index is 659. The number of nitrogens with one attached hydrogen (secondary N) is 3. The van der Waals surface area contributed by atoms with E-state index < -0.39 is 12.1 Å². The average molecular weight is 435 g/mol. The number of carbonyl (C=O) groups is 1. The van der Waals surface area contributed by atoms with Gasteiger partial charge in [-0.05, 0) is 56.1 Å². The van der Waals surface area contributed by atoms with Gasteiger partial charge in [0, 0.05) is 25.9 Å². The van der Waals surface area contributed by atoms with Crippen molar-refractivity contribution in [1.82, 2.24) is 16.0 Å². The summed E-state index contributed by atoms with van der Waals surface area (Å²) in [5, 5.41) is 19.6. The Morgan fingerprint density at radius 3 is 2.61 bits per heavy atom. The van der Waals surface area contributed by atoms with Crippen molar-refractivity contribution in [3.05, 3.63) is 11.3 Å². The van der Waals surface area contributed by atoms with Gasteiger partial charge < -0.3 is 32.2 Å². The van der Waals surface area contributed by atoms with E-state index in [1.807, 2.05) is 0 Å². The second-order valence-corrected chi connectivity index (χ2v) is 8.99. The molecule has 2 aliphatic heterocycles. The molecule has 0 aromatic rings. The third kappa shape index (κ3) is 6.42. The summed E-state index contributed by atoms with van der Waals surface area (Å²) in [6, 6.07) is 2.33. The van der Waals surface area contributed by atoms with Gasteiger partial charge in [-0.1, -0.05) is 20.8 Å². The van der Waals surface area contributed by atoms with E-state index >= 15 is 0 Å². The van der Waals surface area contributed by atoms with Crippen LogP contribution in [0.3, 0.4) is 0 Å². The van der Waals surface area contributed by atoms with Crippen LogP contribution in [-0.4, -0.2) is 51.0 Å². The predicted molar refractivity (Wildman–Crippen MR) is 122 cm³/mol. The molecule has 7 N–H and O–H groups in total. The summed E-state index contributed by atoms with van der Waals surface area (Å²) in [5.41, 5.74) is 14.4. The van der Waals surface area contributed by atoms with Gasteiger partial charge in [-0.15, -0.1) is 0 Å². The van der Waals surface area contributed by atoms with Gasteiger partial charge in [-0.2, -0.15) is 5.26 Å². The van der Waals surface area contributed by atoms with E-state index in [4.69, 9.17) is 16.2 Å². The number of methoxy groups -OCH3 is 1. The predicted octanol–water partition coefficient (Wildman–Crippen LogP) is 1.19. The molecule has 2 heterocycles. The van der Waals surface area contributed by atoms with Gasteiger partial charge in [0.1, 0.15) is 5.92 Å².